The number of sulfonamides is 1. The minimum absolute atomic E-state index is 0.0254. The molecule has 1 heterocycles. The standard InChI is InChI=1S/C13H21N3O4S/c1-16(10-13(17)6-8-20-9-7-13)21(18,19)12-5-3-2-4-11(12)15-14/h2-5,15,17H,6-10,14H2,1H3. The van der Waals surface area contributed by atoms with Gasteiger partial charge in [-0.1, -0.05) is 12.1 Å². The lowest BCUT2D eigenvalue weighted by Gasteiger charge is -2.35. The van der Waals surface area contributed by atoms with E-state index in [9.17, 15) is 13.5 Å². The molecule has 0 bridgehead atoms. The molecule has 118 valence electrons. The molecule has 21 heavy (non-hydrogen) atoms. The van der Waals surface area contributed by atoms with Crippen LogP contribution in [-0.2, 0) is 14.8 Å². The number of aliphatic hydroxyl groups is 1. The van der Waals surface area contributed by atoms with Crippen molar-refractivity contribution in [2.75, 3.05) is 32.2 Å². The van der Waals surface area contributed by atoms with Gasteiger partial charge in [-0.3, -0.25) is 5.84 Å². The third kappa shape index (κ3) is 3.53. The van der Waals surface area contributed by atoms with E-state index in [0.717, 1.165) is 4.31 Å². The first-order valence-corrected chi connectivity index (χ1v) is 8.15. The minimum Gasteiger partial charge on any atom is -0.388 e. The number of nitrogen functional groups attached to an aromatic ring is 1. The molecule has 0 saturated carbocycles. The lowest BCUT2D eigenvalue weighted by molar-refractivity contribution is -0.0689. The fraction of sp³-hybridized carbons (Fsp3) is 0.538. The predicted octanol–water partition coefficient (Wildman–Crippen LogP) is 0.134. The van der Waals surface area contributed by atoms with E-state index in [1.165, 1.54) is 13.1 Å². The number of hydrogen-bond acceptors (Lipinski definition) is 6. The second kappa shape index (κ2) is 6.29. The van der Waals surface area contributed by atoms with E-state index in [2.05, 4.69) is 5.43 Å². The molecule has 1 aliphatic rings. The summed E-state index contributed by atoms with van der Waals surface area (Å²) in [6.07, 6.45) is 0.841. The Balaban J connectivity index is 2.22. The number of rotatable bonds is 5. The van der Waals surface area contributed by atoms with Crippen LogP contribution in [0, 0.1) is 0 Å². The van der Waals surface area contributed by atoms with Crippen molar-refractivity contribution < 1.29 is 18.3 Å². The van der Waals surface area contributed by atoms with Gasteiger partial charge < -0.3 is 15.3 Å². The summed E-state index contributed by atoms with van der Waals surface area (Å²) in [5, 5.41) is 10.5. The van der Waals surface area contributed by atoms with Crippen molar-refractivity contribution in [3.8, 4) is 0 Å². The summed E-state index contributed by atoms with van der Waals surface area (Å²) in [5.74, 6) is 5.36. The van der Waals surface area contributed by atoms with Gasteiger partial charge in [-0.25, -0.2) is 8.42 Å². The maximum atomic E-state index is 12.6. The molecule has 1 aromatic rings. The summed E-state index contributed by atoms with van der Waals surface area (Å²) in [6.45, 7) is 0.897. The van der Waals surface area contributed by atoms with Crippen molar-refractivity contribution in [3.05, 3.63) is 24.3 Å². The van der Waals surface area contributed by atoms with Gasteiger partial charge >= 0.3 is 0 Å². The third-order valence-corrected chi connectivity index (χ3v) is 5.53. The van der Waals surface area contributed by atoms with E-state index in [4.69, 9.17) is 10.6 Å². The lowest BCUT2D eigenvalue weighted by Crippen LogP contribution is -2.47. The highest BCUT2D eigenvalue weighted by atomic mass is 32.2. The fourth-order valence-corrected chi connectivity index (χ4v) is 3.79. The first-order valence-electron chi connectivity index (χ1n) is 6.71. The number of nitrogens with two attached hydrogens (primary N) is 1. The van der Waals surface area contributed by atoms with Crippen LogP contribution in [0.5, 0.6) is 0 Å². The molecule has 1 aliphatic heterocycles. The Morgan fingerprint density at radius 2 is 2.00 bits per heavy atom. The summed E-state index contributed by atoms with van der Waals surface area (Å²) in [7, 11) is -2.27. The lowest BCUT2D eigenvalue weighted by atomic mass is 9.95. The van der Waals surface area contributed by atoms with Crippen molar-refractivity contribution in [3.63, 3.8) is 0 Å². The molecule has 8 heteroatoms. The topological polar surface area (TPSA) is 105 Å². The number of hydrazine groups is 1. The van der Waals surface area contributed by atoms with Crippen molar-refractivity contribution in [2.24, 2.45) is 5.84 Å². The second-order valence-electron chi connectivity index (χ2n) is 5.24. The monoisotopic (exact) mass is 315 g/mol. The zero-order chi connectivity index (χ0) is 15.5. The number of likely N-dealkylation sites (N-methyl/N-ethyl adjacent to an activating group) is 1. The summed E-state index contributed by atoms with van der Waals surface area (Å²) in [4.78, 5) is 0.0886. The Hall–Kier alpha value is -1.19. The van der Waals surface area contributed by atoms with Gasteiger partial charge in [-0.05, 0) is 12.1 Å². The molecule has 0 radical (unpaired) electrons. The van der Waals surface area contributed by atoms with Gasteiger partial charge in [0.1, 0.15) is 4.90 Å². The first kappa shape index (κ1) is 16.2. The van der Waals surface area contributed by atoms with Gasteiger partial charge in [0.15, 0.2) is 0 Å². The molecule has 0 amide bonds. The maximum Gasteiger partial charge on any atom is 0.245 e. The second-order valence-corrected chi connectivity index (χ2v) is 7.25. The predicted molar refractivity (Wildman–Crippen MR) is 79.1 cm³/mol. The molecule has 1 fully saturated rings. The summed E-state index contributed by atoms with van der Waals surface area (Å²) in [6, 6.07) is 6.39. The van der Waals surface area contributed by atoms with E-state index >= 15 is 0 Å². The van der Waals surface area contributed by atoms with Crippen LogP contribution in [0.4, 0.5) is 5.69 Å². The van der Waals surface area contributed by atoms with Gasteiger partial charge in [0.05, 0.1) is 11.3 Å². The Morgan fingerprint density at radius 1 is 1.38 bits per heavy atom. The quantitative estimate of drug-likeness (QED) is 0.527. The highest BCUT2D eigenvalue weighted by molar-refractivity contribution is 7.89. The Kier molecular flexibility index (Phi) is 4.84. The van der Waals surface area contributed by atoms with Crippen molar-refractivity contribution in [1.82, 2.24) is 4.31 Å². The molecule has 4 N–H and O–H groups in total. The van der Waals surface area contributed by atoms with Gasteiger partial charge in [0, 0.05) is 39.6 Å². The van der Waals surface area contributed by atoms with Crippen LogP contribution < -0.4 is 11.3 Å². The van der Waals surface area contributed by atoms with Crippen LogP contribution in [0.15, 0.2) is 29.2 Å². The normalized spacial score (nSPS) is 18.7. The molecule has 0 unspecified atom stereocenters. The van der Waals surface area contributed by atoms with Crippen LogP contribution >= 0.6 is 0 Å². The van der Waals surface area contributed by atoms with Gasteiger partial charge in [-0.2, -0.15) is 4.31 Å². The van der Waals surface area contributed by atoms with Crippen LogP contribution in [0.3, 0.4) is 0 Å². The van der Waals surface area contributed by atoms with E-state index in [1.54, 1.807) is 18.2 Å². The molecular formula is C13H21N3O4S. The molecule has 0 spiro atoms. The van der Waals surface area contributed by atoms with Crippen molar-refractivity contribution in [2.45, 2.75) is 23.3 Å². The highest BCUT2D eigenvalue weighted by Gasteiger charge is 2.35. The zero-order valence-corrected chi connectivity index (χ0v) is 12.8. The summed E-state index contributed by atoms with van der Waals surface area (Å²) in [5.41, 5.74) is 1.65. The number of nitrogens with zero attached hydrogens (tertiary/aromatic N) is 1. The molecule has 2 rings (SSSR count). The molecule has 0 aromatic heterocycles. The molecule has 1 saturated heterocycles. The molecule has 0 aliphatic carbocycles. The number of benzene rings is 1. The Morgan fingerprint density at radius 3 is 2.62 bits per heavy atom. The van der Waals surface area contributed by atoms with E-state index in [-0.39, 0.29) is 11.4 Å². The van der Waals surface area contributed by atoms with E-state index in [1.807, 2.05) is 0 Å². The number of hydrogen-bond donors (Lipinski definition) is 3. The van der Waals surface area contributed by atoms with Gasteiger partial charge in [-0.15, -0.1) is 0 Å². The van der Waals surface area contributed by atoms with Crippen LogP contribution in [0.1, 0.15) is 12.8 Å². The molecule has 1 aromatic carbocycles. The summed E-state index contributed by atoms with van der Waals surface area (Å²) >= 11 is 0. The molecular weight excluding hydrogens is 294 g/mol. The fourth-order valence-electron chi connectivity index (χ4n) is 2.39. The Labute approximate surface area is 124 Å². The zero-order valence-electron chi connectivity index (χ0n) is 11.9. The molecule has 0 atom stereocenters. The van der Waals surface area contributed by atoms with Gasteiger partial charge in [0.25, 0.3) is 0 Å². The average molecular weight is 315 g/mol. The van der Waals surface area contributed by atoms with Crippen LogP contribution in [-0.4, -0.2) is 50.2 Å². The largest absolute Gasteiger partial charge is 0.388 e. The molecule has 7 nitrogen and oxygen atoms in total. The number of para-hydroxylation sites is 1. The Bertz CT molecular complexity index is 585. The number of nitrogens with one attached hydrogen (secondary N) is 1. The SMILES string of the molecule is CN(CC1(O)CCOCC1)S(=O)(=O)c1ccccc1NN. The number of anilines is 1. The van der Waals surface area contributed by atoms with Crippen LogP contribution in [0.2, 0.25) is 0 Å². The average Bonchev–Trinajstić information content (AvgIpc) is 2.47. The van der Waals surface area contributed by atoms with Crippen molar-refractivity contribution in [1.29, 1.82) is 0 Å². The van der Waals surface area contributed by atoms with Crippen LogP contribution in [0.25, 0.3) is 0 Å². The van der Waals surface area contributed by atoms with E-state index in [0.29, 0.717) is 31.7 Å². The van der Waals surface area contributed by atoms with Gasteiger partial charge in [0.2, 0.25) is 10.0 Å². The number of ether oxygens (including phenoxy) is 1. The maximum absolute atomic E-state index is 12.6. The minimum atomic E-state index is -3.73. The first-order chi connectivity index (χ1) is 9.89. The third-order valence-electron chi connectivity index (χ3n) is 3.67. The van der Waals surface area contributed by atoms with Crippen molar-refractivity contribution >= 4 is 15.7 Å². The smallest absolute Gasteiger partial charge is 0.245 e. The highest BCUT2D eigenvalue weighted by Crippen LogP contribution is 2.27. The summed E-state index contributed by atoms with van der Waals surface area (Å²) < 4.78 is 31.6. The van der Waals surface area contributed by atoms with E-state index < -0.39 is 15.6 Å².